The van der Waals surface area contributed by atoms with Crippen LogP contribution in [0.2, 0.25) is 0 Å². The third kappa shape index (κ3) is 18.6. The van der Waals surface area contributed by atoms with Gasteiger partial charge in [-0.15, -0.1) is 0 Å². The largest absolute Gasteiger partial charge is 1.00 e. The Morgan fingerprint density at radius 3 is 1.36 bits per heavy atom. The Morgan fingerprint density at radius 1 is 0.857 bits per heavy atom. The summed E-state index contributed by atoms with van der Waals surface area (Å²) in [6, 6.07) is 0. The van der Waals surface area contributed by atoms with Gasteiger partial charge >= 0.3 is 37.7 Å². The maximum atomic E-state index is 9.90. The summed E-state index contributed by atoms with van der Waals surface area (Å²) in [5.41, 5.74) is 0. The SMILES string of the molecule is O=C([O-])CSCCSCC(=O)[O-].[Li+].[Li+]. The average Bonchev–Trinajstić information content (AvgIpc) is 1.95. The first-order valence-corrected chi connectivity index (χ1v) is 5.49. The van der Waals surface area contributed by atoms with Gasteiger partial charge in [0.25, 0.3) is 0 Å². The number of carboxylic acid groups (broad SMARTS) is 2. The topological polar surface area (TPSA) is 80.3 Å². The normalized spacial score (nSPS) is 8.29. The Kier molecular flexibility index (Phi) is 20.0. The molecule has 0 aromatic heterocycles. The van der Waals surface area contributed by atoms with Crippen LogP contribution in [0, 0.1) is 0 Å². The Labute approximate surface area is 115 Å². The van der Waals surface area contributed by atoms with E-state index in [-0.39, 0.29) is 49.2 Å². The molecule has 0 spiro atoms. The molecule has 0 aromatic carbocycles. The molecule has 0 rings (SSSR count). The first-order valence-electron chi connectivity index (χ1n) is 3.18. The van der Waals surface area contributed by atoms with E-state index < -0.39 is 11.9 Å². The quantitative estimate of drug-likeness (QED) is 0.314. The number of carbonyl (C=O) groups excluding carboxylic acids is 2. The van der Waals surface area contributed by atoms with E-state index in [2.05, 4.69) is 0 Å². The molecule has 0 atom stereocenters. The number of hydrogen-bond donors (Lipinski definition) is 0. The summed E-state index contributed by atoms with van der Waals surface area (Å²) in [5.74, 6) is -1.02. The van der Waals surface area contributed by atoms with E-state index >= 15 is 0 Å². The molecule has 0 saturated carbocycles. The Hall–Kier alpha value is 0.835. The van der Waals surface area contributed by atoms with E-state index in [9.17, 15) is 19.8 Å². The smallest absolute Gasteiger partial charge is 0.549 e. The molecule has 0 fully saturated rings. The second kappa shape index (κ2) is 13.8. The van der Waals surface area contributed by atoms with Crippen molar-refractivity contribution < 1.29 is 57.5 Å². The van der Waals surface area contributed by atoms with Crippen LogP contribution in [0.25, 0.3) is 0 Å². The van der Waals surface area contributed by atoms with Gasteiger partial charge in [0, 0.05) is 23.0 Å². The van der Waals surface area contributed by atoms with E-state index in [1.807, 2.05) is 0 Å². The van der Waals surface area contributed by atoms with E-state index in [0.717, 1.165) is 0 Å². The Morgan fingerprint density at radius 2 is 1.14 bits per heavy atom. The molecule has 0 aromatic rings. The summed E-state index contributed by atoms with van der Waals surface area (Å²) in [4.78, 5) is 19.8. The second-order valence-electron chi connectivity index (χ2n) is 1.85. The maximum absolute atomic E-state index is 9.90. The molecule has 8 heteroatoms. The summed E-state index contributed by atoms with van der Waals surface area (Å²) in [7, 11) is 0. The summed E-state index contributed by atoms with van der Waals surface area (Å²) >= 11 is 2.43. The van der Waals surface area contributed by atoms with E-state index in [4.69, 9.17) is 0 Å². The predicted molar refractivity (Wildman–Crippen MR) is 44.7 cm³/mol. The molecule has 4 nitrogen and oxygen atoms in total. The summed E-state index contributed by atoms with van der Waals surface area (Å²) < 4.78 is 0. The zero-order valence-electron chi connectivity index (χ0n) is 8.28. The molecule has 0 radical (unpaired) electrons. The fourth-order valence-corrected chi connectivity index (χ4v) is 1.99. The standard InChI is InChI=1S/C6H10O4S2.2Li/c7-5(8)3-11-1-2-12-4-6(9)10;;/h1-4H2,(H,7,8)(H,9,10);;/q;2*+1/p-2. The van der Waals surface area contributed by atoms with Crippen molar-refractivity contribution in [1.29, 1.82) is 0 Å². The minimum absolute atomic E-state index is 0. The van der Waals surface area contributed by atoms with Crippen LogP contribution in [0.15, 0.2) is 0 Å². The van der Waals surface area contributed by atoms with Crippen molar-refractivity contribution in [2.75, 3.05) is 23.0 Å². The van der Waals surface area contributed by atoms with Gasteiger partial charge in [0.15, 0.2) is 0 Å². The van der Waals surface area contributed by atoms with Crippen LogP contribution in [-0.4, -0.2) is 35.0 Å². The van der Waals surface area contributed by atoms with Crippen molar-refractivity contribution in [2.24, 2.45) is 0 Å². The fourth-order valence-electron chi connectivity index (χ4n) is 0.429. The molecule has 70 valence electrons. The first kappa shape index (κ1) is 20.3. The molecule has 0 amide bonds. The van der Waals surface area contributed by atoms with Crippen molar-refractivity contribution in [3.05, 3.63) is 0 Å². The zero-order valence-corrected chi connectivity index (χ0v) is 9.91. The molecule has 0 aliphatic heterocycles. The minimum atomic E-state index is -1.09. The molecule has 0 saturated heterocycles. The molecule has 0 aliphatic carbocycles. The van der Waals surface area contributed by atoms with Crippen molar-refractivity contribution in [3.8, 4) is 0 Å². The van der Waals surface area contributed by atoms with Gasteiger partial charge in [-0.05, 0) is 0 Å². The molecule has 0 bridgehead atoms. The van der Waals surface area contributed by atoms with Crippen LogP contribution in [0.5, 0.6) is 0 Å². The van der Waals surface area contributed by atoms with Gasteiger partial charge in [0.1, 0.15) is 0 Å². The number of carboxylic acids is 2. The molecular formula is C6H8Li2O4S2. The average molecular weight is 222 g/mol. The van der Waals surface area contributed by atoms with E-state index in [1.165, 1.54) is 23.5 Å². The number of hydrogen-bond acceptors (Lipinski definition) is 6. The Bertz CT molecular complexity index is 150. The summed E-state index contributed by atoms with van der Waals surface area (Å²) in [6.07, 6.45) is 0. The van der Waals surface area contributed by atoms with Crippen LogP contribution in [0.3, 0.4) is 0 Å². The molecular weight excluding hydrogens is 214 g/mol. The fraction of sp³-hybridized carbons (Fsp3) is 0.667. The second-order valence-corrected chi connectivity index (χ2v) is 4.06. The molecule has 14 heavy (non-hydrogen) atoms. The van der Waals surface area contributed by atoms with Crippen molar-refractivity contribution in [2.45, 2.75) is 0 Å². The minimum Gasteiger partial charge on any atom is -0.549 e. The van der Waals surface area contributed by atoms with Crippen molar-refractivity contribution >= 4 is 35.5 Å². The third-order valence-electron chi connectivity index (χ3n) is 0.812. The molecule has 0 N–H and O–H groups in total. The number of thioether (sulfide) groups is 2. The van der Waals surface area contributed by atoms with Crippen LogP contribution < -0.4 is 47.9 Å². The summed E-state index contributed by atoms with van der Waals surface area (Å²) in [6.45, 7) is 0. The molecule has 0 aliphatic rings. The predicted octanol–water partition coefficient (Wildman–Crippen LogP) is -8.04. The number of carbonyl (C=O) groups is 2. The van der Waals surface area contributed by atoms with Crippen molar-refractivity contribution in [1.82, 2.24) is 0 Å². The van der Waals surface area contributed by atoms with Gasteiger partial charge in [-0.2, -0.15) is 23.5 Å². The Balaban J connectivity index is -0.000000605. The summed E-state index contributed by atoms with van der Waals surface area (Å²) in [5, 5.41) is 19.8. The van der Waals surface area contributed by atoms with Crippen LogP contribution in [0.4, 0.5) is 0 Å². The number of rotatable bonds is 7. The van der Waals surface area contributed by atoms with E-state index in [0.29, 0.717) is 11.5 Å². The van der Waals surface area contributed by atoms with Crippen molar-refractivity contribution in [3.63, 3.8) is 0 Å². The maximum Gasteiger partial charge on any atom is 1.00 e. The monoisotopic (exact) mass is 222 g/mol. The van der Waals surface area contributed by atoms with Gasteiger partial charge < -0.3 is 19.8 Å². The van der Waals surface area contributed by atoms with Crippen LogP contribution in [0.1, 0.15) is 0 Å². The molecule has 0 unspecified atom stereocenters. The van der Waals surface area contributed by atoms with Gasteiger partial charge in [0.2, 0.25) is 0 Å². The van der Waals surface area contributed by atoms with Gasteiger partial charge in [0.05, 0.1) is 11.9 Å². The van der Waals surface area contributed by atoms with Crippen LogP contribution in [-0.2, 0) is 9.59 Å². The molecule has 0 heterocycles. The van der Waals surface area contributed by atoms with E-state index in [1.54, 1.807) is 0 Å². The van der Waals surface area contributed by atoms with Gasteiger partial charge in [-0.3, -0.25) is 0 Å². The van der Waals surface area contributed by atoms with Gasteiger partial charge in [-0.25, -0.2) is 0 Å². The first-order chi connectivity index (χ1) is 5.63. The zero-order chi connectivity index (χ0) is 9.40. The number of aliphatic carboxylic acids is 2. The third-order valence-corrected chi connectivity index (χ3v) is 2.94. The van der Waals surface area contributed by atoms with Gasteiger partial charge in [-0.1, -0.05) is 0 Å². The van der Waals surface area contributed by atoms with Crippen LogP contribution >= 0.6 is 23.5 Å².